The zero-order valence-electron chi connectivity index (χ0n) is 7.36. The second-order valence-corrected chi connectivity index (χ2v) is 2.41. The van der Waals surface area contributed by atoms with Gasteiger partial charge in [-0.2, -0.15) is 0 Å². The fraction of sp³-hybridized carbons (Fsp3) is 0.714. The molecule has 0 aliphatic heterocycles. The van der Waals surface area contributed by atoms with Gasteiger partial charge < -0.3 is 15.6 Å². The number of ether oxygens (including phenoxy) is 1. The van der Waals surface area contributed by atoms with Gasteiger partial charge in [-0.25, -0.2) is 0 Å². The summed E-state index contributed by atoms with van der Waals surface area (Å²) in [6.45, 7) is 0. The monoisotopic (exact) mass is 211 g/mol. The van der Waals surface area contributed by atoms with E-state index in [0.717, 1.165) is 0 Å². The van der Waals surface area contributed by atoms with Gasteiger partial charge in [0.1, 0.15) is 6.04 Å². The van der Waals surface area contributed by atoms with Crippen molar-refractivity contribution in [2.45, 2.75) is 25.3 Å². The lowest BCUT2D eigenvalue weighted by Crippen LogP contribution is -2.29. The molecule has 0 aliphatic rings. The molecule has 78 valence electrons. The average molecular weight is 212 g/mol. The standard InChI is InChI=1S/C7H13NO4.ClH/c1-12-6(9)4-2-3-5(8)7(10)11;/h5H,2-4,8H2,1H3,(H,10,11);1H/t5-;/m0./s1. The Labute approximate surface area is 82.7 Å². The van der Waals surface area contributed by atoms with Gasteiger partial charge in [0.15, 0.2) is 0 Å². The van der Waals surface area contributed by atoms with Crippen molar-refractivity contribution in [1.29, 1.82) is 0 Å². The molecule has 0 unspecified atom stereocenters. The summed E-state index contributed by atoms with van der Waals surface area (Å²) in [4.78, 5) is 20.8. The molecule has 0 spiro atoms. The van der Waals surface area contributed by atoms with Crippen LogP contribution in [-0.2, 0) is 14.3 Å². The number of aliphatic carboxylic acids is 1. The van der Waals surface area contributed by atoms with E-state index in [1.807, 2.05) is 0 Å². The highest BCUT2D eigenvalue weighted by Crippen LogP contribution is 2.00. The average Bonchev–Trinajstić information content (AvgIpc) is 2.03. The maximum absolute atomic E-state index is 10.6. The van der Waals surface area contributed by atoms with E-state index in [1.54, 1.807) is 0 Å². The molecular weight excluding hydrogens is 198 g/mol. The molecule has 0 aromatic carbocycles. The number of esters is 1. The number of carboxylic acids is 1. The minimum atomic E-state index is -1.04. The predicted octanol–water partition coefficient (Wildman–Crippen LogP) is 0.163. The molecule has 0 radical (unpaired) electrons. The van der Waals surface area contributed by atoms with Crippen LogP contribution in [0, 0.1) is 0 Å². The molecule has 0 heterocycles. The number of hydrogen-bond acceptors (Lipinski definition) is 4. The fourth-order valence-corrected chi connectivity index (χ4v) is 0.692. The van der Waals surface area contributed by atoms with Crippen molar-refractivity contribution in [2.24, 2.45) is 5.73 Å². The van der Waals surface area contributed by atoms with Crippen molar-refractivity contribution in [3.63, 3.8) is 0 Å². The van der Waals surface area contributed by atoms with Crippen molar-refractivity contribution in [1.82, 2.24) is 0 Å². The molecule has 0 aromatic rings. The first kappa shape index (κ1) is 14.7. The molecule has 6 heteroatoms. The third-order valence-corrected chi connectivity index (χ3v) is 1.44. The molecule has 0 aromatic heterocycles. The number of carboxylic acid groups (broad SMARTS) is 1. The van der Waals surface area contributed by atoms with E-state index in [4.69, 9.17) is 10.8 Å². The molecule has 0 aliphatic carbocycles. The second-order valence-electron chi connectivity index (χ2n) is 2.41. The number of carbonyl (C=O) groups excluding carboxylic acids is 1. The quantitative estimate of drug-likeness (QED) is 0.633. The Morgan fingerprint density at radius 3 is 2.46 bits per heavy atom. The van der Waals surface area contributed by atoms with Crippen molar-refractivity contribution >= 4 is 24.3 Å². The van der Waals surface area contributed by atoms with E-state index in [0.29, 0.717) is 12.8 Å². The number of methoxy groups -OCH3 is 1. The first-order valence-corrected chi connectivity index (χ1v) is 3.63. The van der Waals surface area contributed by atoms with Gasteiger partial charge in [0.25, 0.3) is 0 Å². The van der Waals surface area contributed by atoms with Gasteiger partial charge in [-0.1, -0.05) is 0 Å². The Morgan fingerprint density at radius 1 is 1.54 bits per heavy atom. The first-order valence-electron chi connectivity index (χ1n) is 3.63. The van der Waals surface area contributed by atoms with Crippen molar-refractivity contribution < 1.29 is 19.4 Å². The van der Waals surface area contributed by atoms with Crippen LogP contribution in [0.25, 0.3) is 0 Å². The van der Waals surface area contributed by atoms with Crippen LogP contribution in [-0.4, -0.2) is 30.2 Å². The van der Waals surface area contributed by atoms with E-state index in [9.17, 15) is 9.59 Å². The van der Waals surface area contributed by atoms with Crippen LogP contribution < -0.4 is 5.73 Å². The van der Waals surface area contributed by atoms with E-state index in [-0.39, 0.29) is 24.8 Å². The third kappa shape index (κ3) is 7.55. The van der Waals surface area contributed by atoms with Gasteiger partial charge in [0.05, 0.1) is 7.11 Å². The van der Waals surface area contributed by atoms with Gasteiger partial charge in [-0.05, 0) is 12.8 Å². The van der Waals surface area contributed by atoms with Gasteiger partial charge >= 0.3 is 11.9 Å². The molecule has 0 bridgehead atoms. The molecule has 13 heavy (non-hydrogen) atoms. The Balaban J connectivity index is 0. The number of nitrogens with two attached hydrogens (primary N) is 1. The molecule has 0 saturated carbocycles. The van der Waals surface area contributed by atoms with Crippen LogP contribution in [0.1, 0.15) is 19.3 Å². The summed E-state index contributed by atoms with van der Waals surface area (Å²) in [5, 5.41) is 8.36. The Hall–Kier alpha value is -0.810. The van der Waals surface area contributed by atoms with Crippen molar-refractivity contribution in [3.05, 3.63) is 0 Å². The highest BCUT2D eigenvalue weighted by molar-refractivity contribution is 5.85. The van der Waals surface area contributed by atoms with Crippen LogP contribution in [0.3, 0.4) is 0 Å². The first-order chi connectivity index (χ1) is 5.57. The summed E-state index contributed by atoms with van der Waals surface area (Å²) in [5.74, 6) is -1.38. The van der Waals surface area contributed by atoms with Gasteiger partial charge in [-0.3, -0.25) is 9.59 Å². The van der Waals surface area contributed by atoms with Crippen LogP contribution in [0.15, 0.2) is 0 Å². The SMILES string of the molecule is COC(=O)CCC[C@H](N)C(=O)O.Cl. The Bertz CT molecular complexity index is 174. The normalized spacial score (nSPS) is 11.2. The van der Waals surface area contributed by atoms with Crippen molar-refractivity contribution in [3.8, 4) is 0 Å². The number of rotatable bonds is 5. The van der Waals surface area contributed by atoms with Crippen LogP contribution in [0.5, 0.6) is 0 Å². The summed E-state index contributed by atoms with van der Waals surface area (Å²) >= 11 is 0. The molecule has 0 saturated heterocycles. The zero-order chi connectivity index (χ0) is 9.56. The van der Waals surface area contributed by atoms with Gasteiger partial charge in [-0.15, -0.1) is 12.4 Å². The summed E-state index contributed by atoms with van der Waals surface area (Å²) in [7, 11) is 1.29. The smallest absolute Gasteiger partial charge is 0.320 e. The molecule has 0 amide bonds. The van der Waals surface area contributed by atoms with Crippen LogP contribution >= 0.6 is 12.4 Å². The molecular formula is C7H14ClNO4. The lowest BCUT2D eigenvalue weighted by atomic mass is 10.1. The maximum atomic E-state index is 10.6. The summed E-state index contributed by atoms with van der Waals surface area (Å²) in [6, 6.07) is -0.880. The minimum absolute atomic E-state index is 0. The van der Waals surface area contributed by atoms with E-state index in [2.05, 4.69) is 4.74 Å². The van der Waals surface area contributed by atoms with E-state index in [1.165, 1.54) is 7.11 Å². The lowest BCUT2D eigenvalue weighted by Gasteiger charge is -2.04. The van der Waals surface area contributed by atoms with E-state index < -0.39 is 12.0 Å². The molecule has 3 N–H and O–H groups in total. The zero-order valence-corrected chi connectivity index (χ0v) is 8.17. The molecule has 0 rings (SSSR count). The summed E-state index contributed by atoms with van der Waals surface area (Å²) in [5.41, 5.74) is 5.19. The predicted molar refractivity (Wildman–Crippen MR) is 48.7 cm³/mol. The van der Waals surface area contributed by atoms with Crippen LogP contribution in [0.4, 0.5) is 0 Å². The van der Waals surface area contributed by atoms with E-state index >= 15 is 0 Å². The summed E-state index contributed by atoms with van der Waals surface area (Å²) in [6.07, 6.45) is 0.960. The maximum Gasteiger partial charge on any atom is 0.320 e. The third-order valence-electron chi connectivity index (χ3n) is 1.44. The topological polar surface area (TPSA) is 89.6 Å². The summed E-state index contributed by atoms with van der Waals surface area (Å²) < 4.78 is 4.37. The van der Waals surface area contributed by atoms with Crippen LogP contribution in [0.2, 0.25) is 0 Å². The fourth-order valence-electron chi connectivity index (χ4n) is 0.692. The highest BCUT2D eigenvalue weighted by atomic mass is 35.5. The largest absolute Gasteiger partial charge is 0.480 e. The minimum Gasteiger partial charge on any atom is -0.480 e. The number of hydrogen-bond donors (Lipinski definition) is 2. The van der Waals surface area contributed by atoms with Gasteiger partial charge in [0, 0.05) is 6.42 Å². The Morgan fingerprint density at radius 2 is 2.08 bits per heavy atom. The molecule has 0 fully saturated rings. The number of halogens is 1. The van der Waals surface area contributed by atoms with Gasteiger partial charge in [0.2, 0.25) is 0 Å². The van der Waals surface area contributed by atoms with Crippen molar-refractivity contribution in [2.75, 3.05) is 7.11 Å². The lowest BCUT2D eigenvalue weighted by molar-refractivity contribution is -0.142. The molecule has 5 nitrogen and oxygen atoms in total. The Kier molecular flexibility index (Phi) is 8.84. The number of carbonyl (C=O) groups is 2. The second kappa shape index (κ2) is 7.82. The molecule has 1 atom stereocenters. The highest BCUT2D eigenvalue weighted by Gasteiger charge is 2.11.